The Morgan fingerprint density at radius 1 is 1.03 bits per heavy atom. The Labute approximate surface area is 185 Å². The van der Waals surface area contributed by atoms with E-state index in [0.29, 0.717) is 22.0 Å². The number of benzene rings is 2. The van der Waals surface area contributed by atoms with Crippen molar-refractivity contribution in [1.29, 1.82) is 0 Å². The minimum atomic E-state index is -0.500. The molecule has 2 aromatic carbocycles. The summed E-state index contributed by atoms with van der Waals surface area (Å²) in [7, 11) is 1.48. The minimum Gasteiger partial charge on any atom is -0.495 e. The molecule has 1 N–H and O–H groups in total. The van der Waals surface area contributed by atoms with Gasteiger partial charge in [-0.1, -0.05) is 41.9 Å². The molecule has 1 amide bonds. The predicted octanol–water partition coefficient (Wildman–Crippen LogP) is 4.38. The highest BCUT2D eigenvalue weighted by Crippen LogP contribution is 2.53. The van der Waals surface area contributed by atoms with Crippen molar-refractivity contribution in [2.45, 2.75) is 19.3 Å². The highest BCUT2D eigenvalue weighted by atomic mass is 35.5. The van der Waals surface area contributed by atoms with Crippen LogP contribution in [0.2, 0.25) is 5.02 Å². The molecule has 0 heterocycles. The van der Waals surface area contributed by atoms with Crippen LogP contribution in [0.1, 0.15) is 29.6 Å². The molecule has 2 saturated carbocycles. The van der Waals surface area contributed by atoms with Gasteiger partial charge in [0.15, 0.2) is 12.4 Å². The second kappa shape index (κ2) is 9.10. The van der Waals surface area contributed by atoms with Crippen LogP contribution in [0.25, 0.3) is 0 Å². The molecule has 2 fully saturated rings. The molecule has 0 aromatic heterocycles. The van der Waals surface area contributed by atoms with Gasteiger partial charge in [-0.2, -0.15) is 0 Å². The maximum Gasteiger partial charge on any atom is 0.310 e. The van der Waals surface area contributed by atoms with Crippen LogP contribution in [0.5, 0.6) is 5.75 Å². The highest BCUT2D eigenvalue weighted by molar-refractivity contribution is 6.31. The predicted molar refractivity (Wildman–Crippen MR) is 116 cm³/mol. The lowest BCUT2D eigenvalue weighted by atomic mass is 9.75. The van der Waals surface area contributed by atoms with E-state index >= 15 is 0 Å². The first-order valence-electron chi connectivity index (χ1n) is 10.4. The van der Waals surface area contributed by atoms with Crippen LogP contribution in [-0.2, 0) is 14.3 Å². The standard InChI is InChI=1S/C24H24ClNO5/c1-30-19-10-9-17(25)12-18(19)26-20(27)13-31-24(29)22-16-8-7-15(11-16)21(22)23(28)14-5-3-2-4-6-14/h2-6,9-10,12,15-16,21-22H,7-8,11,13H2,1H3,(H,26,27)/t15-,16-,21-,22+/m0/s1. The number of nitrogens with one attached hydrogen (secondary N) is 1. The Balaban J connectivity index is 1.41. The van der Waals surface area contributed by atoms with Gasteiger partial charge in [-0.05, 0) is 49.3 Å². The van der Waals surface area contributed by atoms with E-state index in [-0.39, 0.29) is 23.5 Å². The number of amides is 1. The van der Waals surface area contributed by atoms with Crippen LogP contribution in [0.15, 0.2) is 48.5 Å². The van der Waals surface area contributed by atoms with E-state index in [2.05, 4.69) is 5.32 Å². The molecule has 31 heavy (non-hydrogen) atoms. The number of esters is 1. The Hall–Kier alpha value is -2.86. The molecule has 2 aliphatic rings. The number of hydrogen-bond donors (Lipinski definition) is 1. The number of carbonyl (C=O) groups excluding carboxylic acids is 3. The number of halogens is 1. The van der Waals surface area contributed by atoms with Crippen LogP contribution in [-0.4, -0.2) is 31.4 Å². The second-order valence-corrected chi connectivity index (χ2v) is 8.55. The van der Waals surface area contributed by atoms with E-state index in [1.54, 1.807) is 30.3 Å². The average Bonchev–Trinajstić information content (AvgIpc) is 3.39. The van der Waals surface area contributed by atoms with Gasteiger partial charge in [-0.25, -0.2) is 0 Å². The summed E-state index contributed by atoms with van der Waals surface area (Å²) in [5.74, 6) is -1.10. The summed E-state index contributed by atoms with van der Waals surface area (Å²) in [6.07, 6.45) is 2.72. The molecule has 162 valence electrons. The van der Waals surface area contributed by atoms with Crippen molar-refractivity contribution in [3.8, 4) is 5.75 Å². The lowest BCUT2D eigenvalue weighted by Gasteiger charge is -2.28. The molecule has 0 saturated heterocycles. The summed E-state index contributed by atoms with van der Waals surface area (Å²) in [6, 6.07) is 13.9. The normalized spacial score (nSPS) is 23.9. The summed E-state index contributed by atoms with van der Waals surface area (Å²) in [5.41, 5.74) is 1.01. The summed E-state index contributed by atoms with van der Waals surface area (Å²) in [4.78, 5) is 38.4. The lowest BCUT2D eigenvalue weighted by Crippen LogP contribution is -2.37. The number of rotatable bonds is 7. The van der Waals surface area contributed by atoms with Gasteiger partial charge in [0.2, 0.25) is 0 Å². The van der Waals surface area contributed by atoms with E-state index in [4.69, 9.17) is 21.1 Å². The molecule has 0 unspecified atom stereocenters. The van der Waals surface area contributed by atoms with Crippen molar-refractivity contribution in [3.63, 3.8) is 0 Å². The Bertz CT molecular complexity index is 993. The first-order valence-corrected chi connectivity index (χ1v) is 10.7. The zero-order valence-corrected chi connectivity index (χ0v) is 17.9. The van der Waals surface area contributed by atoms with Gasteiger partial charge in [0, 0.05) is 16.5 Å². The van der Waals surface area contributed by atoms with Crippen LogP contribution >= 0.6 is 11.6 Å². The van der Waals surface area contributed by atoms with Gasteiger partial charge in [0.1, 0.15) is 5.75 Å². The topological polar surface area (TPSA) is 81.7 Å². The van der Waals surface area contributed by atoms with Crippen LogP contribution in [0, 0.1) is 23.7 Å². The van der Waals surface area contributed by atoms with Crippen molar-refractivity contribution in [2.75, 3.05) is 19.0 Å². The monoisotopic (exact) mass is 441 g/mol. The van der Waals surface area contributed by atoms with E-state index in [1.807, 2.05) is 18.2 Å². The van der Waals surface area contributed by atoms with Gasteiger partial charge in [0.25, 0.3) is 5.91 Å². The average molecular weight is 442 g/mol. The fraction of sp³-hybridized carbons (Fsp3) is 0.375. The molecule has 2 bridgehead atoms. The van der Waals surface area contributed by atoms with Gasteiger partial charge in [0.05, 0.1) is 18.7 Å². The Kier molecular flexibility index (Phi) is 6.28. The second-order valence-electron chi connectivity index (χ2n) is 8.12. The smallest absolute Gasteiger partial charge is 0.310 e. The fourth-order valence-electron chi connectivity index (χ4n) is 5.00. The third-order valence-electron chi connectivity index (χ3n) is 6.33. The zero-order chi connectivity index (χ0) is 22.0. The Morgan fingerprint density at radius 2 is 1.74 bits per heavy atom. The molecule has 0 spiro atoms. The number of anilines is 1. The summed E-state index contributed by atoms with van der Waals surface area (Å²) < 4.78 is 10.6. The maximum absolute atomic E-state index is 13.1. The minimum absolute atomic E-state index is 0.0112. The van der Waals surface area contributed by atoms with Crippen molar-refractivity contribution in [2.24, 2.45) is 23.7 Å². The summed E-state index contributed by atoms with van der Waals surface area (Å²) in [6.45, 7) is -0.436. The van der Waals surface area contributed by atoms with Crippen LogP contribution in [0.4, 0.5) is 5.69 Å². The SMILES string of the molecule is COc1ccc(Cl)cc1NC(=O)COC(=O)[C@@H]1[C@H]2CC[C@@H](C2)[C@@H]1C(=O)c1ccccc1. The van der Waals surface area contributed by atoms with Crippen molar-refractivity contribution in [3.05, 3.63) is 59.1 Å². The molecule has 7 heteroatoms. The molecular formula is C24H24ClNO5. The Morgan fingerprint density at radius 3 is 2.45 bits per heavy atom. The van der Waals surface area contributed by atoms with Gasteiger partial charge in [-0.15, -0.1) is 0 Å². The largest absolute Gasteiger partial charge is 0.495 e. The number of Topliss-reactive ketones (excluding diaryl/α,β-unsaturated/α-hetero) is 1. The van der Waals surface area contributed by atoms with E-state index < -0.39 is 24.4 Å². The number of methoxy groups -OCH3 is 1. The quantitative estimate of drug-likeness (QED) is 0.509. The third kappa shape index (κ3) is 4.44. The molecular weight excluding hydrogens is 418 g/mol. The van der Waals surface area contributed by atoms with Crippen molar-refractivity contribution >= 4 is 34.9 Å². The number of ketones is 1. The molecule has 6 nitrogen and oxygen atoms in total. The maximum atomic E-state index is 13.1. The zero-order valence-electron chi connectivity index (χ0n) is 17.2. The van der Waals surface area contributed by atoms with E-state index in [9.17, 15) is 14.4 Å². The molecule has 4 rings (SSSR count). The van der Waals surface area contributed by atoms with Crippen LogP contribution in [0.3, 0.4) is 0 Å². The number of ether oxygens (including phenoxy) is 2. The molecule has 0 aliphatic heterocycles. The first kappa shape index (κ1) is 21.4. The van der Waals surface area contributed by atoms with E-state index in [1.165, 1.54) is 7.11 Å². The molecule has 2 aliphatic carbocycles. The summed E-state index contributed by atoms with van der Waals surface area (Å²) in [5, 5.41) is 3.09. The molecule has 0 radical (unpaired) electrons. The number of fused-ring (bicyclic) bond motifs is 2. The van der Waals surface area contributed by atoms with Gasteiger partial charge < -0.3 is 14.8 Å². The first-order chi connectivity index (χ1) is 15.0. The van der Waals surface area contributed by atoms with Gasteiger partial charge in [-0.3, -0.25) is 14.4 Å². The van der Waals surface area contributed by atoms with E-state index in [0.717, 1.165) is 19.3 Å². The number of hydrogen-bond acceptors (Lipinski definition) is 5. The fourth-order valence-corrected chi connectivity index (χ4v) is 5.17. The van der Waals surface area contributed by atoms with Crippen molar-refractivity contribution < 1.29 is 23.9 Å². The molecule has 2 aromatic rings. The molecule has 4 atom stereocenters. The van der Waals surface area contributed by atoms with Gasteiger partial charge >= 0.3 is 5.97 Å². The number of carbonyl (C=O) groups is 3. The lowest BCUT2D eigenvalue weighted by molar-refractivity contribution is -0.154. The van der Waals surface area contributed by atoms with Crippen LogP contribution < -0.4 is 10.1 Å². The third-order valence-corrected chi connectivity index (χ3v) is 6.57. The summed E-state index contributed by atoms with van der Waals surface area (Å²) >= 11 is 5.98. The van der Waals surface area contributed by atoms with Crippen molar-refractivity contribution in [1.82, 2.24) is 0 Å². The highest BCUT2D eigenvalue weighted by Gasteiger charge is 2.54.